The summed E-state index contributed by atoms with van der Waals surface area (Å²) in [6.45, 7) is 6.87. The molecule has 1 aromatic heterocycles. The minimum atomic E-state index is -5.29. The number of rotatable bonds is 3. The molecule has 33 heavy (non-hydrogen) atoms. The fourth-order valence-electron chi connectivity index (χ4n) is 2.30. The second-order valence-electron chi connectivity index (χ2n) is 6.71. The van der Waals surface area contributed by atoms with Crippen LogP contribution in [0.5, 0.6) is 5.75 Å². The van der Waals surface area contributed by atoms with Gasteiger partial charge in [0.15, 0.2) is 5.56 Å². The Morgan fingerprint density at radius 3 is 1.88 bits per heavy atom. The van der Waals surface area contributed by atoms with Crippen molar-refractivity contribution in [2.24, 2.45) is 0 Å². The van der Waals surface area contributed by atoms with Crippen LogP contribution in [0.15, 0.2) is 45.6 Å². The number of aromatic hydroxyl groups is 1. The van der Waals surface area contributed by atoms with Crippen molar-refractivity contribution in [3.05, 3.63) is 52.4 Å². The van der Waals surface area contributed by atoms with Gasteiger partial charge in [0, 0.05) is 62.2 Å². The summed E-state index contributed by atoms with van der Waals surface area (Å²) < 4.78 is 42.5. The summed E-state index contributed by atoms with van der Waals surface area (Å²) in [5.41, 5.74) is -3.03. The third kappa shape index (κ3) is 8.75. The predicted molar refractivity (Wildman–Crippen MR) is 114 cm³/mol. The van der Waals surface area contributed by atoms with Crippen LogP contribution in [0.2, 0.25) is 0 Å². The Labute approximate surface area is 228 Å². The maximum atomic E-state index is 12.6. The summed E-state index contributed by atoms with van der Waals surface area (Å²) in [5, 5.41) is 11.0. The third-order valence-corrected chi connectivity index (χ3v) is 4.25. The molecule has 179 valence electrons. The molecular formula is C23H23EuF3O6. The van der Waals surface area contributed by atoms with E-state index < -0.39 is 28.9 Å². The monoisotopic (exact) mass is 605 g/mol. The zero-order valence-electron chi connectivity index (χ0n) is 18.4. The molecule has 1 heterocycles. The Kier molecular flexibility index (Phi) is 12.9. The Bertz CT molecular complexity index is 1180. The molecule has 1 N–H and O–H groups in total. The molecule has 0 saturated carbocycles. The molecule has 10 heteroatoms. The molecule has 3 aromatic rings. The third-order valence-electron chi connectivity index (χ3n) is 4.25. The van der Waals surface area contributed by atoms with Crippen LogP contribution >= 0.6 is 0 Å². The minimum absolute atomic E-state index is 0. The van der Waals surface area contributed by atoms with Crippen molar-refractivity contribution < 1.29 is 86.5 Å². The first kappa shape index (κ1) is 31.1. The summed E-state index contributed by atoms with van der Waals surface area (Å²) >= 11 is 0. The van der Waals surface area contributed by atoms with Crippen molar-refractivity contribution in [3.8, 4) is 5.75 Å². The van der Waals surface area contributed by atoms with Crippen molar-refractivity contribution in [2.75, 3.05) is 0 Å². The van der Waals surface area contributed by atoms with Crippen LogP contribution in [0, 0.1) is 49.4 Å². The van der Waals surface area contributed by atoms with E-state index in [1.807, 2.05) is 13.8 Å². The molecule has 0 bridgehead atoms. The van der Waals surface area contributed by atoms with Gasteiger partial charge in [0.2, 0.25) is 0 Å². The van der Waals surface area contributed by atoms with E-state index in [0.717, 1.165) is 0 Å². The van der Waals surface area contributed by atoms with E-state index in [1.165, 1.54) is 6.07 Å². The summed E-state index contributed by atoms with van der Waals surface area (Å²) in [6.07, 6.45) is -3.95. The molecule has 0 atom stereocenters. The molecule has 0 saturated heterocycles. The van der Waals surface area contributed by atoms with Crippen LogP contribution in [0.1, 0.15) is 50.9 Å². The van der Waals surface area contributed by atoms with Gasteiger partial charge in [0.05, 0.1) is 5.39 Å². The summed E-state index contributed by atoms with van der Waals surface area (Å²) in [5.74, 6) is -2.95. The van der Waals surface area contributed by atoms with Gasteiger partial charge in [0.25, 0.3) is 5.78 Å². The Balaban J connectivity index is 0.000000790. The van der Waals surface area contributed by atoms with Crippen molar-refractivity contribution in [1.29, 1.82) is 0 Å². The number of fused-ring (bicyclic) bond motifs is 3. The van der Waals surface area contributed by atoms with E-state index in [1.54, 1.807) is 44.2 Å². The average Bonchev–Trinajstić information content (AvgIpc) is 2.73. The quantitative estimate of drug-likeness (QED) is 0.245. The molecule has 0 unspecified atom stereocenters. The molecule has 2 aromatic carbocycles. The van der Waals surface area contributed by atoms with Gasteiger partial charge in [-0.1, -0.05) is 44.2 Å². The van der Waals surface area contributed by atoms with Crippen molar-refractivity contribution in [2.45, 2.75) is 46.7 Å². The summed E-state index contributed by atoms with van der Waals surface area (Å²) in [4.78, 5) is 42.6. The fraction of sp³-hybridized carbons (Fsp3) is 0.304. The zero-order chi connectivity index (χ0) is 24.6. The second kappa shape index (κ2) is 13.7. The summed E-state index contributed by atoms with van der Waals surface area (Å²) in [7, 11) is 0. The largest absolute Gasteiger partial charge is 0.506 e. The first-order chi connectivity index (χ1) is 14.8. The van der Waals surface area contributed by atoms with E-state index in [9.17, 15) is 37.5 Å². The molecule has 0 aliphatic carbocycles. The number of hydrogen-bond acceptors (Lipinski definition) is 6. The molecule has 3 rings (SSSR count). The van der Waals surface area contributed by atoms with E-state index in [4.69, 9.17) is 4.42 Å². The standard InChI is InChI=1S/C15H7F3O4.2C4H8O.Eu/c16-15(17,18)13(20)11-12(19)10-8-4-2-1-3-7(8)5-6-9(10)22-14(11)21;2*1-3-4(2)5;/h1-6,19H;2*3H2,1-2H3;. The van der Waals surface area contributed by atoms with E-state index >= 15 is 0 Å². The number of alkyl halides is 3. The van der Waals surface area contributed by atoms with Gasteiger partial charge >= 0.3 is 11.8 Å². The number of hydrogen-bond donors (Lipinski definition) is 1. The van der Waals surface area contributed by atoms with Crippen LogP contribution in [0.3, 0.4) is 0 Å². The van der Waals surface area contributed by atoms with E-state index in [2.05, 4.69) is 0 Å². The molecule has 6 nitrogen and oxygen atoms in total. The van der Waals surface area contributed by atoms with Gasteiger partial charge in [-0.25, -0.2) is 4.79 Å². The van der Waals surface area contributed by atoms with Crippen molar-refractivity contribution in [3.63, 3.8) is 0 Å². The number of carbonyl (C=O) groups is 3. The van der Waals surface area contributed by atoms with Gasteiger partial charge in [-0.15, -0.1) is 0 Å². The SMILES string of the molecule is CCC(C)=O.CCC(C)=O.O=C(c1c(O)c2c(ccc3ccccc32)oc1=O)C(F)(F)F.[Eu]. The van der Waals surface area contributed by atoms with Crippen LogP contribution in [-0.2, 0) is 9.59 Å². The van der Waals surface area contributed by atoms with Gasteiger partial charge in [-0.05, 0) is 30.7 Å². The molecule has 0 aliphatic heterocycles. The number of benzene rings is 2. The maximum Gasteiger partial charge on any atom is 0.455 e. The fourth-order valence-corrected chi connectivity index (χ4v) is 2.30. The van der Waals surface area contributed by atoms with Crippen LogP contribution in [0.4, 0.5) is 13.2 Å². The predicted octanol–water partition coefficient (Wildman–Crippen LogP) is 5.37. The first-order valence-electron chi connectivity index (χ1n) is 9.62. The van der Waals surface area contributed by atoms with Crippen molar-refractivity contribution in [1.82, 2.24) is 0 Å². The average molecular weight is 604 g/mol. The number of ketones is 3. The number of halogens is 3. The van der Waals surface area contributed by atoms with Gasteiger partial charge in [0.1, 0.15) is 22.9 Å². The molecule has 0 aliphatic rings. The maximum absolute atomic E-state index is 12.6. The molecule has 1 radical (unpaired) electrons. The molecular weight excluding hydrogens is 581 g/mol. The van der Waals surface area contributed by atoms with E-state index in [-0.39, 0.29) is 71.9 Å². The number of carbonyl (C=O) groups excluding carboxylic acids is 3. The first-order valence-corrected chi connectivity index (χ1v) is 9.62. The second-order valence-corrected chi connectivity index (χ2v) is 6.71. The molecule has 0 fully saturated rings. The minimum Gasteiger partial charge on any atom is -0.506 e. The normalized spacial score (nSPS) is 10.3. The molecule has 0 spiro atoms. The topological polar surface area (TPSA) is 102 Å². The smallest absolute Gasteiger partial charge is 0.455 e. The van der Waals surface area contributed by atoms with Gasteiger partial charge in [-0.2, -0.15) is 13.2 Å². The molecule has 0 amide bonds. The van der Waals surface area contributed by atoms with Crippen molar-refractivity contribution >= 4 is 39.1 Å². The Morgan fingerprint density at radius 2 is 1.42 bits per heavy atom. The number of Topliss-reactive ketones (excluding diaryl/α,β-unsaturated/α-hetero) is 3. The summed E-state index contributed by atoms with van der Waals surface area (Å²) in [6, 6.07) is 9.46. The van der Waals surface area contributed by atoms with Crippen LogP contribution in [0.25, 0.3) is 21.7 Å². The zero-order valence-corrected chi connectivity index (χ0v) is 20.8. The van der Waals surface area contributed by atoms with Crippen LogP contribution < -0.4 is 5.63 Å². The van der Waals surface area contributed by atoms with Gasteiger partial charge in [-0.3, -0.25) is 4.79 Å². The Morgan fingerprint density at radius 1 is 0.939 bits per heavy atom. The van der Waals surface area contributed by atoms with Gasteiger partial charge < -0.3 is 19.1 Å². The Hall–Kier alpha value is -1.91. The van der Waals surface area contributed by atoms with E-state index in [0.29, 0.717) is 23.6 Å². The van der Waals surface area contributed by atoms with Crippen LogP contribution in [-0.4, -0.2) is 28.6 Å².